The van der Waals surface area contributed by atoms with Crippen molar-refractivity contribution in [3.8, 4) is 0 Å². The molecule has 1 heterocycles. The third-order valence-corrected chi connectivity index (χ3v) is 9.39. The van der Waals surface area contributed by atoms with E-state index in [2.05, 4.69) is 17.3 Å². The predicted octanol–water partition coefficient (Wildman–Crippen LogP) is 4.27. The summed E-state index contributed by atoms with van der Waals surface area (Å²) in [4.78, 5) is 24.4. The number of hydrogen-bond donors (Lipinski definition) is 1. The number of nitrogens with one attached hydrogen (secondary N) is 1. The molecule has 7 nitrogen and oxygen atoms in total. The van der Waals surface area contributed by atoms with Crippen LogP contribution < -0.4 is 5.32 Å². The Morgan fingerprint density at radius 2 is 1.80 bits per heavy atom. The molecule has 1 amide bonds. The second-order valence-electron chi connectivity index (χ2n) is 11.3. The molecule has 6 saturated carbocycles. The Balaban J connectivity index is 1.26. The van der Waals surface area contributed by atoms with E-state index in [1.165, 1.54) is 44.9 Å². The first-order chi connectivity index (χ1) is 14.4. The summed E-state index contributed by atoms with van der Waals surface area (Å²) in [5.74, 6) is 3.78. The molecule has 162 valence electrons. The fourth-order valence-corrected chi connectivity index (χ4v) is 8.54. The van der Waals surface area contributed by atoms with Crippen molar-refractivity contribution in [2.24, 2.45) is 35.5 Å². The fourth-order valence-electron chi connectivity index (χ4n) is 8.54. The minimum absolute atomic E-state index is 0.00533. The molecule has 6 aliphatic rings. The molecule has 1 N–H and O–H groups in total. The van der Waals surface area contributed by atoms with Gasteiger partial charge in [0.2, 0.25) is 5.69 Å². The van der Waals surface area contributed by atoms with E-state index in [0.29, 0.717) is 11.8 Å². The zero-order valence-corrected chi connectivity index (χ0v) is 17.8. The number of aromatic nitrogens is 2. The fraction of sp³-hybridized carbons (Fsp3) is 0.826. The SMILES string of the molecule is CC(NC(=O)c1nn(C23CC4CC(CC(C4)C2)C3)cc1[N+](=O)[O-])C1CC2CCC1C2. The zero-order chi connectivity index (χ0) is 20.6. The van der Waals surface area contributed by atoms with Crippen molar-refractivity contribution in [3.05, 3.63) is 22.0 Å². The largest absolute Gasteiger partial charge is 0.348 e. The first kappa shape index (κ1) is 18.8. The Labute approximate surface area is 177 Å². The smallest absolute Gasteiger partial charge is 0.320 e. The summed E-state index contributed by atoms with van der Waals surface area (Å²) >= 11 is 0. The lowest BCUT2D eigenvalue weighted by Gasteiger charge is -2.56. The highest BCUT2D eigenvalue weighted by molar-refractivity contribution is 5.96. The molecule has 1 aromatic rings. The maximum Gasteiger partial charge on any atom is 0.320 e. The second-order valence-corrected chi connectivity index (χ2v) is 11.3. The lowest BCUT2D eigenvalue weighted by molar-refractivity contribution is -0.385. The van der Waals surface area contributed by atoms with Gasteiger partial charge in [-0.25, -0.2) is 0 Å². The van der Waals surface area contributed by atoms with Crippen LogP contribution in [0.2, 0.25) is 0 Å². The molecular weight excluding hydrogens is 380 g/mol. The molecule has 0 aliphatic heterocycles. The minimum atomic E-state index is -0.429. The van der Waals surface area contributed by atoms with Crippen LogP contribution in [0.4, 0.5) is 5.69 Å². The topological polar surface area (TPSA) is 90.1 Å². The normalized spacial score (nSPS) is 41.9. The molecule has 30 heavy (non-hydrogen) atoms. The van der Waals surface area contributed by atoms with Gasteiger partial charge in [0.1, 0.15) is 6.20 Å². The summed E-state index contributed by atoms with van der Waals surface area (Å²) < 4.78 is 1.84. The third kappa shape index (κ3) is 2.83. The van der Waals surface area contributed by atoms with Gasteiger partial charge in [-0.3, -0.25) is 19.6 Å². The van der Waals surface area contributed by atoms with Gasteiger partial charge in [0.05, 0.1) is 10.5 Å². The van der Waals surface area contributed by atoms with Crippen LogP contribution in [-0.2, 0) is 5.54 Å². The van der Waals surface area contributed by atoms with Crippen LogP contribution in [0.15, 0.2) is 6.20 Å². The van der Waals surface area contributed by atoms with Gasteiger partial charge >= 0.3 is 5.69 Å². The molecule has 6 bridgehead atoms. The van der Waals surface area contributed by atoms with Crippen molar-refractivity contribution in [1.82, 2.24) is 15.1 Å². The molecule has 4 unspecified atom stereocenters. The van der Waals surface area contributed by atoms with Crippen LogP contribution in [0.1, 0.15) is 81.6 Å². The van der Waals surface area contributed by atoms with Crippen LogP contribution in [0.5, 0.6) is 0 Å². The Hall–Kier alpha value is -1.92. The summed E-state index contributed by atoms with van der Waals surface area (Å²) in [6, 6.07) is 0.0390. The highest BCUT2D eigenvalue weighted by Crippen LogP contribution is 2.58. The first-order valence-corrected chi connectivity index (χ1v) is 12.0. The van der Waals surface area contributed by atoms with Crippen molar-refractivity contribution in [3.63, 3.8) is 0 Å². The van der Waals surface area contributed by atoms with E-state index in [4.69, 9.17) is 0 Å². The molecule has 6 fully saturated rings. The van der Waals surface area contributed by atoms with E-state index >= 15 is 0 Å². The molecule has 6 aliphatic carbocycles. The van der Waals surface area contributed by atoms with Crippen LogP contribution in [0.3, 0.4) is 0 Å². The van der Waals surface area contributed by atoms with Gasteiger partial charge in [0, 0.05) is 6.04 Å². The number of nitrogens with zero attached hydrogens (tertiary/aromatic N) is 3. The van der Waals surface area contributed by atoms with E-state index in [1.54, 1.807) is 6.20 Å². The molecule has 7 heteroatoms. The molecule has 0 radical (unpaired) electrons. The summed E-state index contributed by atoms with van der Waals surface area (Å²) in [6.07, 6.45) is 13.7. The lowest BCUT2D eigenvalue weighted by atomic mass is 9.53. The summed E-state index contributed by atoms with van der Waals surface area (Å²) in [5.41, 5.74) is -0.247. The maximum absolute atomic E-state index is 13.1. The molecule has 1 aromatic heterocycles. The van der Waals surface area contributed by atoms with Crippen molar-refractivity contribution in [1.29, 1.82) is 0 Å². The molecule has 4 atom stereocenters. The van der Waals surface area contributed by atoms with Gasteiger partial charge in [-0.1, -0.05) is 6.42 Å². The highest BCUT2D eigenvalue weighted by Gasteiger charge is 2.53. The van der Waals surface area contributed by atoms with E-state index in [0.717, 1.165) is 42.9 Å². The number of carbonyl (C=O) groups is 1. The van der Waals surface area contributed by atoms with Gasteiger partial charge in [0.25, 0.3) is 5.91 Å². The Kier molecular flexibility index (Phi) is 4.10. The summed E-state index contributed by atoms with van der Waals surface area (Å²) in [7, 11) is 0. The van der Waals surface area contributed by atoms with Gasteiger partial charge in [0.15, 0.2) is 0 Å². The second kappa shape index (κ2) is 6.54. The van der Waals surface area contributed by atoms with Crippen molar-refractivity contribution < 1.29 is 9.72 Å². The van der Waals surface area contributed by atoms with E-state index in [1.807, 2.05) is 4.68 Å². The van der Waals surface area contributed by atoms with Crippen molar-refractivity contribution >= 4 is 11.6 Å². The number of fused-ring (bicyclic) bond motifs is 2. The van der Waals surface area contributed by atoms with Gasteiger partial charge in [-0.15, -0.1) is 0 Å². The van der Waals surface area contributed by atoms with Crippen LogP contribution in [0, 0.1) is 45.6 Å². The molecular formula is C23H32N4O3. The van der Waals surface area contributed by atoms with Crippen LogP contribution in [-0.4, -0.2) is 26.7 Å². The first-order valence-electron chi connectivity index (χ1n) is 12.0. The van der Waals surface area contributed by atoms with Gasteiger partial charge < -0.3 is 5.32 Å². The lowest BCUT2D eigenvalue weighted by Crippen LogP contribution is -2.52. The van der Waals surface area contributed by atoms with E-state index < -0.39 is 4.92 Å². The molecule has 0 spiro atoms. The highest BCUT2D eigenvalue weighted by atomic mass is 16.6. The van der Waals surface area contributed by atoms with Crippen molar-refractivity contribution in [2.45, 2.75) is 82.7 Å². The number of nitro groups is 1. The van der Waals surface area contributed by atoms with Crippen LogP contribution >= 0.6 is 0 Å². The molecule has 0 saturated heterocycles. The third-order valence-electron chi connectivity index (χ3n) is 9.39. The monoisotopic (exact) mass is 412 g/mol. The van der Waals surface area contributed by atoms with Crippen molar-refractivity contribution in [2.75, 3.05) is 0 Å². The average molecular weight is 413 g/mol. The summed E-state index contributed by atoms with van der Waals surface area (Å²) in [5, 5.41) is 19.5. The number of rotatable bonds is 5. The predicted molar refractivity (Wildman–Crippen MR) is 111 cm³/mol. The molecule has 0 aromatic carbocycles. The van der Waals surface area contributed by atoms with E-state index in [9.17, 15) is 14.9 Å². The summed E-state index contributed by atoms with van der Waals surface area (Å²) in [6.45, 7) is 2.06. The number of amides is 1. The Bertz CT molecular complexity index is 858. The van der Waals surface area contributed by atoms with Gasteiger partial charge in [-0.05, 0) is 100 Å². The average Bonchev–Trinajstić information content (AvgIpc) is 3.42. The Morgan fingerprint density at radius 3 is 2.33 bits per heavy atom. The quantitative estimate of drug-likeness (QED) is 0.578. The maximum atomic E-state index is 13.1. The standard InChI is InChI=1S/C23H32N4O3/c1-13(19-8-14-2-3-18(19)7-14)24-22(28)21-20(27(29)30)12-26(25-21)23-9-15-4-16(10-23)6-17(5-15)11-23/h12-19H,2-11H2,1H3,(H,24,28). The van der Waals surface area contributed by atoms with Crippen LogP contribution in [0.25, 0.3) is 0 Å². The number of hydrogen-bond acceptors (Lipinski definition) is 4. The van der Waals surface area contributed by atoms with E-state index in [-0.39, 0.29) is 28.9 Å². The van der Waals surface area contributed by atoms with Gasteiger partial charge in [-0.2, -0.15) is 5.10 Å². The number of carbonyl (C=O) groups excluding carboxylic acids is 1. The zero-order valence-electron chi connectivity index (χ0n) is 17.8. The molecule has 7 rings (SSSR count). The Morgan fingerprint density at radius 1 is 1.13 bits per heavy atom. The minimum Gasteiger partial charge on any atom is -0.348 e.